The maximum Gasteiger partial charge on any atom is 0.126 e. The van der Waals surface area contributed by atoms with Crippen molar-refractivity contribution in [3.8, 4) is 28.0 Å². The molecule has 0 unspecified atom stereocenters. The van der Waals surface area contributed by atoms with Gasteiger partial charge in [-0.1, -0.05) is 90.1 Å². The van der Waals surface area contributed by atoms with Gasteiger partial charge >= 0.3 is 0 Å². The maximum absolute atomic E-state index is 10.9. The zero-order valence-electron chi connectivity index (χ0n) is 17.8. The summed E-state index contributed by atoms with van der Waals surface area (Å²) >= 11 is 0. The average Bonchev–Trinajstić information content (AvgIpc) is 2.88. The molecule has 4 rings (SSSR count). The summed E-state index contributed by atoms with van der Waals surface area (Å²) in [6.45, 7) is 13.3. The third-order valence-corrected chi connectivity index (χ3v) is 6.37. The van der Waals surface area contributed by atoms with E-state index in [2.05, 4.69) is 77.9 Å². The molecule has 0 fully saturated rings. The van der Waals surface area contributed by atoms with E-state index >= 15 is 0 Å². The molecule has 0 spiro atoms. The maximum atomic E-state index is 10.9. The van der Waals surface area contributed by atoms with Gasteiger partial charge in [0.15, 0.2) is 0 Å². The van der Waals surface area contributed by atoms with Gasteiger partial charge in [-0.25, -0.2) is 0 Å². The summed E-state index contributed by atoms with van der Waals surface area (Å²) in [5, 5.41) is 10.9. The minimum Gasteiger partial charge on any atom is -0.507 e. The first-order chi connectivity index (χ1) is 13.2. The van der Waals surface area contributed by atoms with Crippen LogP contribution >= 0.6 is 0 Å². The normalized spacial score (nSPS) is 14.4. The molecule has 1 heteroatoms. The minimum absolute atomic E-state index is 0.0402. The van der Waals surface area contributed by atoms with Crippen LogP contribution in [-0.4, -0.2) is 5.11 Å². The molecule has 0 atom stereocenters. The highest BCUT2D eigenvalue weighted by molar-refractivity contribution is 5.85. The van der Waals surface area contributed by atoms with Crippen molar-refractivity contribution in [1.82, 2.24) is 0 Å². The highest BCUT2D eigenvalue weighted by Crippen LogP contribution is 2.50. The van der Waals surface area contributed by atoms with E-state index in [1.807, 2.05) is 18.2 Å². The summed E-state index contributed by atoms with van der Waals surface area (Å²) in [6.07, 6.45) is 0. The Hall–Kier alpha value is -2.54. The Morgan fingerprint density at radius 3 is 2.14 bits per heavy atom. The van der Waals surface area contributed by atoms with E-state index in [0.717, 1.165) is 16.7 Å². The summed E-state index contributed by atoms with van der Waals surface area (Å²) in [7, 11) is 0. The Kier molecular flexibility index (Phi) is 4.38. The number of aromatic hydroxyl groups is 1. The van der Waals surface area contributed by atoms with E-state index in [-0.39, 0.29) is 5.41 Å². The van der Waals surface area contributed by atoms with Crippen molar-refractivity contribution in [1.29, 1.82) is 0 Å². The van der Waals surface area contributed by atoms with E-state index in [0.29, 0.717) is 17.6 Å². The molecule has 3 aromatic rings. The predicted molar refractivity (Wildman–Crippen MR) is 119 cm³/mol. The molecule has 0 saturated heterocycles. The lowest BCUT2D eigenvalue weighted by Crippen LogP contribution is -2.15. The summed E-state index contributed by atoms with van der Waals surface area (Å²) in [5.41, 5.74) is 9.77. The van der Waals surface area contributed by atoms with E-state index in [1.54, 1.807) is 0 Å². The van der Waals surface area contributed by atoms with Crippen molar-refractivity contribution < 1.29 is 5.11 Å². The molecule has 0 aromatic heterocycles. The highest BCUT2D eigenvalue weighted by atomic mass is 16.3. The number of hydrogen-bond donors (Lipinski definition) is 1. The monoisotopic (exact) mass is 370 g/mol. The van der Waals surface area contributed by atoms with Gasteiger partial charge in [0, 0.05) is 11.0 Å². The van der Waals surface area contributed by atoms with Gasteiger partial charge in [-0.15, -0.1) is 0 Å². The van der Waals surface area contributed by atoms with Crippen LogP contribution in [0.2, 0.25) is 0 Å². The zero-order chi connectivity index (χ0) is 20.2. The van der Waals surface area contributed by atoms with Crippen molar-refractivity contribution in [2.75, 3.05) is 0 Å². The van der Waals surface area contributed by atoms with Crippen LogP contribution in [0.4, 0.5) is 0 Å². The van der Waals surface area contributed by atoms with Crippen molar-refractivity contribution >= 4 is 0 Å². The first kappa shape index (κ1) is 18.8. The van der Waals surface area contributed by atoms with Crippen molar-refractivity contribution in [3.05, 3.63) is 76.9 Å². The van der Waals surface area contributed by atoms with Crippen molar-refractivity contribution in [3.63, 3.8) is 0 Å². The summed E-state index contributed by atoms with van der Waals surface area (Å²) < 4.78 is 0. The predicted octanol–water partition coefficient (Wildman–Crippen LogP) is 7.61. The first-order valence-corrected chi connectivity index (χ1v) is 10.3. The highest BCUT2D eigenvalue weighted by Gasteiger charge is 2.35. The van der Waals surface area contributed by atoms with E-state index in [9.17, 15) is 5.11 Å². The van der Waals surface area contributed by atoms with Gasteiger partial charge in [-0.3, -0.25) is 0 Å². The minimum atomic E-state index is -0.0402. The van der Waals surface area contributed by atoms with Gasteiger partial charge in [0.05, 0.1) is 0 Å². The number of para-hydroxylation sites is 1. The Morgan fingerprint density at radius 2 is 1.46 bits per heavy atom. The number of phenols is 1. The van der Waals surface area contributed by atoms with Crippen LogP contribution in [0, 0.1) is 0 Å². The molecule has 1 N–H and O–H groups in total. The van der Waals surface area contributed by atoms with Gasteiger partial charge in [0.25, 0.3) is 0 Å². The number of hydrogen-bond acceptors (Lipinski definition) is 1. The topological polar surface area (TPSA) is 20.2 Å². The third-order valence-electron chi connectivity index (χ3n) is 6.37. The van der Waals surface area contributed by atoms with Gasteiger partial charge in [0.2, 0.25) is 0 Å². The molecule has 0 saturated carbocycles. The van der Waals surface area contributed by atoms with E-state index in [1.165, 1.54) is 27.8 Å². The third kappa shape index (κ3) is 2.76. The molecule has 1 nitrogen and oxygen atoms in total. The van der Waals surface area contributed by atoms with Crippen LogP contribution in [-0.2, 0) is 5.41 Å². The second kappa shape index (κ2) is 6.51. The molecule has 144 valence electrons. The molecule has 1 aliphatic rings. The fourth-order valence-corrected chi connectivity index (χ4v) is 4.56. The molecular weight excluding hydrogens is 340 g/mol. The van der Waals surface area contributed by atoms with Crippen LogP contribution in [0.1, 0.15) is 75.6 Å². The molecule has 0 bridgehead atoms. The standard InChI is InChI=1S/C27H30O/c1-16(2)18-11-13-24-23(14-18)22-12-10-19(15-25(22)27(24,5)6)21-9-7-8-20(17(3)4)26(21)28/h7-17,28H,1-6H3. The Labute approximate surface area is 169 Å². The van der Waals surface area contributed by atoms with Gasteiger partial charge in [-0.2, -0.15) is 0 Å². The summed E-state index contributed by atoms with van der Waals surface area (Å²) in [6, 6.07) is 19.7. The molecule has 1 aliphatic carbocycles. The number of rotatable bonds is 3. The lowest BCUT2D eigenvalue weighted by molar-refractivity contribution is 0.467. The Balaban J connectivity index is 1.88. The second-order valence-electron chi connectivity index (χ2n) is 9.24. The quantitative estimate of drug-likeness (QED) is 0.503. The van der Waals surface area contributed by atoms with Crippen molar-refractivity contribution in [2.24, 2.45) is 0 Å². The largest absolute Gasteiger partial charge is 0.507 e. The molecule has 28 heavy (non-hydrogen) atoms. The molecule has 0 amide bonds. The Morgan fingerprint density at radius 1 is 0.714 bits per heavy atom. The first-order valence-electron chi connectivity index (χ1n) is 10.3. The zero-order valence-corrected chi connectivity index (χ0v) is 17.8. The van der Waals surface area contributed by atoms with Crippen LogP contribution in [0.3, 0.4) is 0 Å². The number of phenolic OH excluding ortho intramolecular Hbond substituents is 1. The SMILES string of the molecule is CC(C)c1ccc2c(c1)-c1ccc(-c3cccc(C(C)C)c3O)cc1C2(C)C. The van der Waals surface area contributed by atoms with Crippen LogP contribution in [0.15, 0.2) is 54.6 Å². The van der Waals surface area contributed by atoms with Crippen molar-refractivity contribution in [2.45, 2.75) is 58.8 Å². The molecular formula is C27H30O. The number of benzene rings is 3. The fraction of sp³-hybridized carbons (Fsp3) is 0.333. The van der Waals surface area contributed by atoms with Gasteiger partial charge in [0.1, 0.15) is 5.75 Å². The second-order valence-corrected chi connectivity index (χ2v) is 9.24. The van der Waals surface area contributed by atoms with Crippen LogP contribution < -0.4 is 0 Å². The average molecular weight is 371 g/mol. The number of fused-ring (bicyclic) bond motifs is 3. The smallest absolute Gasteiger partial charge is 0.126 e. The molecule has 0 radical (unpaired) electrons. The Bertz CT molecular complexity index is 1050. The molecule has 3 aromatic carbocycles. The lowest BCUT2D eigenvalue weighted by atomic mass is 9.81. The van der Waals surface area contributed by atoms with E-state index < -0.39 is 0 Å². The summed E-state index contributed by atoms with van der Waals surface area (Å²) in [4.78, 5) is 0. The van der Waals surface area contributed by atoms with Crippen LogP contribution in [0.5, 0.6) is 5.75 Å². The summed E-state index contributed by atoms with van der Waals surface area (Å²) in [5.74, 6) is 1.23. The lowest BCUT2D eigenvalue weighted by Gasteiger charge is -2.22. The fourth-order valence-electron chi connectivity index (χ4n) is 4.56. The van der Waals surface area contributed by atoms with Gasteiger partial charge < -0.3 is 5.11 Å². The van der Waals surface area contributed by atoms with Crippen LogP contribution in [0.25, 0.3) is 22.3 Å². The van der Waals surface area contributed by atoms with Gasteiger partial charge in [-0.05, 0) is 56.8 Å². The molecule has 0 aliphatic heterocycles. The molecule has 0 heterocycles. The van der Waals surface area contributed by atoms with E-state index in [4.69, 9.17) is 0 Å².